The highest BCUT2D eigenvalue weighted by Gasteiger charge is 2.46. The summed E-state index contributed by atoms with van der Waals surface area (Å²) in [6.45, 7) is 7.98. The summed E-state index contributed by atoms with van der Waals surface area (Å²) in [5.41, 5.74) is 1.62. The standard InChI is InChI=1S/C14H16N4O/c1-13(2)10-11(14(3,4)19-13)17-18-12(16-10)9-6-5-7-15-8-9/h5-8H,1-4H3. The molecule has 3 heterocycles. The number of pyridine rings is 1. The molecule has 0 bridgehead atoms. The van der Waals surface area contributed by atoms with Crippen LogP contribution in [0.1, 0.15) is 39.1 Å². The van der Waals surface area contributed by atoms with Crippen LogP contribution < -0.4 is 0 Å². The summed E-state index contributed by atoms with van der Waals surface area (Å²) in [7, 11) is 0. The van der Waals surface area contributed by atoms with Crippen LogP contribution in [0.3, 0.4) is 0 Å². The molecule has 0 atom stereocenters. The Kier molecular flexibility index (Phi) is 2.44. The van der Waals surface area contributed by atoms with Crippen molar-refractivity contribution in [2.75, 3.05) is 0 Å². The zero-order valence-corrected chi connectivity index (χ0v) is 11.5. The van der Waals surface area contributed by atoms with E-state index >= 15 is 0 Å². The Labute approximate surface area is 112 Å². The van der Waals surface area contributed by atoms with Crippen LogP contribution in [0.25, 0.3) is 11.4 Å². The molecule has 0 radical (unpaired) electrons. The molecule has 0 aliphatic carbocycles. The van der Waals surface area contributed by atoms with Crippen molar-refractivity contribution in [1.82, 2.24) is 20.2 Å². The summed E-state index contributed by atoms with van der Waals surface area (Å²) in [5, 5.41) is 8.52. The lowest BCUT2D eigenvalue weighted by Gasteiger charge is -2.23. The van der Waals surface area contributed by atoms with Gasteiger partial charge in [0.25, 0.3) is 0 Å². The molecule has 0 unspecified atom stereocenters. The molecule has 0 aromatic carbocycles. The van der Waals surface area contributed by atoms with Crippen LogP contribution in [0.2, 0.25) is 0 Å². The van der Waals surface area contributed by atoms with Gasteiger partial charge in [-0.2, -0.15) is 0 Å². The van der Waals surface area contributed by atoms with Crippen molar-refractivity contribution >= 4 is 0 Å². The van der Waals surface area contributed by atoms with Crippen molar-refractivity contribution < 1.29 is 4.74 Å². The highest BCUT2D eigenvalue weighted by molar-refractivity contribution is 5.53. The first kappa shape index (κ1) is 12.2. The third-order valence-corrected chi connectivity index (χ3v) is 3.26. The normalized spacial score (nSPS) is 19.2. The fourth-order valence-electron chi connectivity index (χ4n) is 2.50. The molecule has 19 heavy (non-hydrogen) atoms. The molecule has 3 rings (SSSR count). The molecular weight excluding hydrogens is 240 g/mol. The summed E-state index contributed by atoms with van der Waals surface area (Å²) >= 11 is 0. The summed E-state index contributed by atoms with van der Waals surface area (Å²) < 4.78 is 6.02. The minimum Gasteiger partial charge on any atom is -0.357 e. The van der Waals surface area contributed by atoms with Gasteiger partial charge in [-0.15, -0.1) is 10.2 Å². The van der Waals surface area contributed by atoms with Crippen LogP contribution >= 0.6 is 0 Å². The van der Waals surface area contributed by atoms with E-state index in [1.165, 1.54) is 0 Å². The van der Waals surface area contributed by atoms with Crippen molar-refractivity contribution in [3.05, 3.63) is 35.9 Å². The first-order chi connectivity index (χ1) is 8.90. The van der Waals surface area contributed by atoms with E-state index in [9.17, 15) is 0 Å². The second-order valence-electron chi connectivity index (χ2n) is 5.70. The van der Waals surface area contributed by atoms with Crippen LogP contribution in [0.5, 0.6) is 0 Å². The van der Waals surface area contributed by atoms with Gasteiger partial charge < -0.3 is 4.74 Å². The summed E-state index contributed by atoms with van der Waals surface area (Å²) in [4.78, 5) is 8.71. The lowest BCUT2D eigenvalue weighted by Crippen LogP contribution is -2.23. The van der Waals surface area contributed by atoms with Gasteiger partial charge in [-0.05, 0) is 39.8 Å². The molecule has 1 aliphatic rings. The Morgan fingerprint density at radius 2 is 1.74 bits per heavy atom. The number of nitrogens with zero attached hydrogens (tertiary/aromatic N) is 4. The zero-order valence-electron chi connectivity index (χ0n) is 11.5. The molecule has 2 aromatic rings. The van der Waals surface area contributed by atoms with Gasteiger partial charge in [-0.1, -0.05) is 0 Å². The fourth-order valence-corrected chi connectivity index (χ4v) is 2.50. The fraction of sp³-hybridized carbons (Fsp3) is 0.429. The quantitative estimate of drug-likeness (QED) is 0.784. The molecule has 5 heteroatoms. The SMILES string of the molecule is CC1(C)OC(C)(C)c2nc(-c3cccnc3)nnc21. The van der Waals surface area contributed by atoms with Crippen LogP contribution in [0, 0.1) is 0 Å². The number of rotatable bonds is 1. The summed E-state index contributed by atoms with van der Waals surface area (Å²) in [6.07, 6.45) is 3.46. The molecule has 0 saturated carbocycles. The minimum absolute atomic E-state index is 0.452. The number of ether oxygens (including phenoxy) is 1. The minimum atomic E-state index is -0.453. The summed E-state index contributed by atoms with van der Waals surface area (Å²) in [5.74, 6) is 0.584. The van der Waals surface area contributed by atoms with Crippen LogP contribution in [-0.4, -0.2) is 20.2 Å². The average molecular weight is 256 g/mol. The van der Waals surface area contributed by atoms with Gasteiger partial charge >= 0.3 is 0 Å². The first-order valence-corrected chi connectivity index (χ1v) is 6.26. The Morgan fingerprint density at radius 3 is 2.42 bits per heavy atom. The van der Waals surface area contributed by atoms with E-state index in [-0.39, 0.29) is 0 Å². The second-order valence-corrected chi connectivity index (χ2v) is 5.70. The Bertz CT molecular complexity index is 623. The van der Waals surface area contributed by atoms with Crippen molar-refractivity contribution in [3.8, 4) is 11.4 Å². The molecule has 0 saturated heterocycles. The largest absolute Gasteiger partial charge is 0.357 e. The molecular formula is C14H16N4O. The summed E-state index contributed by atoms with van der Waals surface area (Å²) in [6, 6.07) is 3.78. The number of hydrogen-bond donors (Lipinski definition) is 0. The molecule has 5 nitrogen and oxygen atoms in total. The van der Waals surface area contributed by atoms with E-state index in [1.807, 2.05) is 39.8 Å². The van der Waals surface area contributed by atoms with Crippen molar-refractivity contribution in [3.63, 3.8) is 0 Å². The third kappa shape index (κ3) is 1.90. The van der Waals surface area contributed by atoms with E-state index in [4.69, 9.17) is 4.74 Å². The molecule has 98 valence electrons. The van der Waals surface area contributed by atoms with Gasteiger partial charge in [0.2, 0.25) is 0 Å². The second kappa shape index (κ2) is 3.81. The Hall–Kier alpha value is -1.88. The lowest BCUT2D eigenvalue weighted by atomic mass is 10.0. The lowest BCUT2D eigenvalue weighted by molar-refractivity contribution is -0.107. The molecule has 1 aliphatic heterocycles. The molecule has 0 fully saturated rings. The molecule has 2 aromatic heterocycles. The Balaban J connectivity index is 2.16. The monoisotopic (exact) mass is 256 g/mol. The van der Waals surface area contributed by atoms with E-state index in [0.717, 1.165) is 17.0 Å². The molecule has 0 amide bonds. The highest BCUT2D eigenvalue weighted by Crippen LogP contribution is 2.44. The zero-order chi connectivity index (χ0) is 13.7. The van der Waals surface area contributed by atoms with Crippen LogP contribution in [0.15, 0.2) is 24.5 Å². The predicted octanol–water partition coefficient (Wildman–Crippen LogP) is 2.43. The molecule has 0 N–H and O–H groups in total. The topological polar surface area (TPSA) is 60.8 Å². The number of fused-ring (bicyclic) bond motifs is 1. The Morgan fingerprint density at radius 1 is 1.00 bits per heavy atom. The molecule has 0 spiro atoms. The van der Waals surface area contributed by atoms with Crippen LogP contribution in [0.4, 0.5) is 0 Å². The van der Waals surface area contributed by atoms with Gasteiger partial charge in [-0.25, -0.2) is 4.98 Å². The maximum Gasteiger partial charge on any atom is 0.183 e. The first-order valence-electron chi connectivity index (χ1n) is 6.26. The maximum absolute atomic E-state index is 6.02. The van der Waals surface area contributed by atoms with Crippen molar-refractivity contribution in [2.24, 2.45) is 0 Å². The smallest absolute Gasteiger partial charge is 0.183 e. The van der Waals surface area contributed by atoms with Gasteiger partial charge in [0, 0.05) is 18.0 Å². The van der Waals surface area contributed by atoms with Gasteiger partial charge in [0.1, 0.15) is 22.6 Å². The third-order valence-electron chi connectivity index (χ3n) is 3.26. The number of hydrogen-bond acceptors (Lipinski definition) is 5. The van der Waals surface area contributed by atoms with Gasteiger partial charge in [0.05, 0.1) is 0 Å². The number of aromatic nitrogens is 4. The average Bonchev–Trinajstić information content (AvgIpc) is 2.56. The van der Waals surface area contributed by atoms with E-state index in [2.05, 4.69) is 20.2 Å². The predicted molar refractivity (Wildman–Crippen MR) is 70.2 cm³/mol. The van der Waals surface area contributed by atoms with E-state index in [0.29, 0.717) is 5.82 Å². The van der Waals surface area contributed by atoms with Crippen molar-refractivity contribution in [1.29, 1.82) is 0 Å². The highest BCUT2D eigenvalue weighted by atomic mass is 16.5. The van der Waals surface area contributed by atoms with E-state index < -0.39 is 11.2 Å². The van der Waals surface area contributed by atoms with Crippen LogP contribution in [-0.2, 0) is 15.9 Å². The maximum atomic E-state index is 6.02. The van der Waals surface area contributed by atoms with E-state index in [1.54, 1.807) is 12.4 Å². The van der Waals surface area contributed by atoms with Gasteiger partial charge in [0.15, 0.2) is 5.82 Å². The van der Waals surface area contributed by atoms with Crippen molar-refractivity contribution in [2.45, 2.75) is 38.9 Å². The van der Waals surface area contributed by atoms with Gasteiger partial charge in [-0.3, -0.25) is 4.98 Å².